The van der Waals surface area contributed by atoms with E-state index in [9.17, 15) is 0 Å². The zero-order chi connectivity index (χ0) is 14.0. The maximum Gasteiger partial charge on any atom is 0.0903 e. The van der Waals surface area contributed by atoms with E-state index in [1.165, 1.54) is 31.2 Å². The van der Waals surface area contributed by atoms with Crippen molar-refractivity contribution in [1.82, 2.24) is 0 Å². The second-order valence-electron chi connectivity index (χ2n) is 5.30. The second-order valence-corrected chi connectivity index (χ2v) is 6.09. The van der Waals surface area contributed by atoms with Crippen molar-refractivity contribution < 1.29 is 4.74 Å². The monoisotopic (exact) mass is 326 g/mol. The highest BCUT2D eigenvalue weighted by Crippen LogP contribution is 2.30. The Bertz CT molecular complexity index is 325. The van der Waals surface area contributed by atoms with E-state index in [1.807, 2.05) is 0 Å². The lowest BCUT2D eigenvalue weighted by Gasteiger charge is -2.30. The first-order valence-corrected chi connectivity index (χ1v) is 8.60. The predicted molar refractivity (Wildman–Crippen MR) is 86.9 cm³/mol. The molecule has 1 aromatic carbocycles. The molecule has 2 heteroatoms. The van der Waals surface area contributed by atoms with Gasteiger partial charge >= 0.3 is 0 Å². The Kier molecular flexibility index (Phi) is 8.40. The topological polar surface area (TPSA) is 9.23 Å². The summed E-state index contributed by atoms with van der Waals surface area (Å²) in [6.07, 6.45) is 7.23. The molecule has 0 radical (unpaired) electrons. The summed E-state index contributed by atoms with van der Waals surface area (Å²) in [5.74, 6) is 0. The average molecular weight is 327 g/mol. The molecule has 0 heterocycles. The van der Waals surface area contributed by atoms with Crippen LogP contribution in [0, 0.1) is 0 Å². The van der Waals surface area contributed by atoms with Crippen LogP contribution < -0.4 is 0 Å². The van der Waals surface area contributed by atoms with Crippen molar-refractivity contribution in [2.24, 2.45) is 0 Å². The van der Waals surface area contributed by atoms with Gasteiger partial charge in [-0.1, -0.05) is 72.4 Å². The molecule has 0 aliphatic rings. The minimum absolute atomic E-state index is 0.120. The molecule has 1 atom stereocenters. The van der Waals surface area contributed by atoms with Crippen LogP contribution in [0.5, 0.6) is 0 Å². The summed E-state index contributed by atoms with van der Waals surface area (Å²) in [5, 5.41) is 1.12. The highest BCUT2D eigenvalue weighted by molar-refractivity contribution is 9.09. The minimum atomic E-state index is -0.120. The molecule has 0 bridgehead atoms. The standard InChI is InChI=1S/C17H27BrO/c1-3-13-17(2,16-11-7-6-8-12-16)19-15-10-5-4-9-14-18/h6-8,11-12H,3-5,9-10,13-15H2,1-2H3. The van der Waals surface area contributed by atoms with Crippen LogP contribution in [-0.2, 0) is 10.3 Å². The maximum atomic E-state index is 6.22. The first kappa shape index (κ1) is 16.7. The Morgan fingerprint density at radius 2 is 1.74 bits per heavy atom. The maximum absolute atomic E-state index is 6.22. The molecule has 1 unspecified atom stereocenters. The summed E-state index contributed by atoms with van der Waals surface area (Å²) in [4.78, 5) is 0. The number of hydrogen-bond acceptors (Lipinski definition) is 1. The van der Waals surface area contributed by atoms with Gasteiger partial charge in [0.05, 0.1) is 5.60 Å². The molecule has 0 spiro atoms. The number of rotatable bonds is 10. The van der Waals surface area contributed by atoms with Gasteiger partial charge in [-0.25, -0.2) is 0 Å². The van der Waals surface area contributed by atoms with Gasteiger partial charge in [0.1, 0.15) is 0 Å². The highest BCUT2D eigenvalue weighted by Gasteiger charge is 2.25. The lowest BCUT2D eigenvalue weighted by atomic mass is 9.91. The van der Waals surface area contributed by atoms with E-state index in [2.05, 4.69) is 60.1 Å². The third-order valence-electron chi connectivity index (χ3n) is 3.56. The third-order valence-corrected chi connectivity index (χ3v) is 4.12. The number of unbranched alkanes of at least 4 members (excludes halogenated alkanes) is 3. The van der Waals surface area contributed by atoms with Crippen LogP contribution in [-0.4, -0.2) is 11.9 Å². The molecule has 0 saturated carbocycles. The Morgan fingerprint density at radius 3 is 2.37 bits per heavy atom. The minimum Gasteiger partial charge on any atom is -0.371 e. The van der Waals surface area contributed by atoms with Crippen molar-refractivity contribution in [3.05, 3.63) is 35.9 Å². The molecule has 0 saturated heterocycles. The first-order valence-electron chi connectivity index (χ1n) is 7.48. The van der Waals surface area contributed by atoms with E-state index in [1.54, 1.807) is 0 Å². The normalized spacial score (nSPS) is 14.3. The SMILES string of the molecule is CCCC(C)(OCCCCCCBr)c1ccccc1. The van der Waals surface area contributed by atoms with Crippen molar-refractivity contribution in [3.63, 3.8) is 0 Å². The number of hydrogen-bond donors (Lipinski definition) is 0. The van der Waals surface area contributed by atoms with Gasteiger partial charge in [-0.2, -0.15) is 0 Å². The van der Waals surface area contributed by atoms with Gasteiger partial charge in [0, 0.05) is 11.9 Å². The van der Waals surface area contributed by atoms with E-state index >= 15 is 0 Å². The van der Waals surface area contributed by atoms with Crippen LogP contribution in [0.1, 0.15) is 57.9 Å². The van der Waals surface area contributed by atoms with Gasteiger partial charge in [0.15, 0.2) is 0 Å². The van der Waals surface area contributed by atoms with Crippen LogP contribution in [0.4, 0.5) is 0 Å². The van der Waals surface area contributed by atoms with Crippen LogP contribution in [0.15, 0.2) is 30.3 Å². The number of benzene rings is 1. The number of alkyl halides is 1. The molecule has 0 amide bonds. The Morgan fingerprint density at radius 1 is 1.05 bits per heavy atom. The third kappa shape index (κ3) is 6.09. The van der Waals surface area contributed by atoms with E-state index in [0.29, 0.717) is 0 Å². The Hall–Kier alpha value is -0.340. The van der Waals surface area contributed by atoms with Gasteiger partial charge in [0.2, 0.25) is 0 Å². The van der Waals surface area contributed by atoms with Crippen molar-refractivity contribution in [1.29, 1.82) is 0 Å². The summed E-state index contributed by atoms with van der Waals surface area (Å²) in [6, 6.07) is 10.6. The molecule has 0 aliphatic heterocycles. The molecular formula is C17H27BrO. The van der Waals surface area contributed by atoms with Crippen molar-refractivity contribution in [2.75, 3.05) is 11.9 Å². The predicted octanol–water partition coefficient (Wildman–Crippen LogP) is 5.67. The average Bonchev–Trinajstić information content (AvgIpc) is 2.44. The van der Waals surface area contributed by atoms with E-state index in [0.717, 1.165) is 24.8 Å². The summed E-state index contributed by atoms with van der Waals surface area (Å²) < 4.78 is 6.22. The van der Waals surface area contributed by atoms with Crippen molar-refractivity contribution in [2.45, 2.75) is 58.0 Å². The Balaban J connectivity index is 2.44. The zero-order valence-electron chi connectivity index (χ0n) is 12.3. The molecule has 0 fully saturated rings. The van der Waals surface area contributed by atoms with E-state index in [-0.39, 0.29) is 5.60 Å². The highest BCUT2D eigenvalue weighted by atomic mass is 79.9. The largest absolute Gasteiger partial charge is 0.371 e. The van der Waals surface area contributed by atoms with Gasteiger partial charge in [-0.05, 0) is 31.7 Å². The summed E-state index contributed by atoms with van der Waals surface area (Å²) in [6.45, 7) is 5.32. The zero-order valence-corrected chi connectivity index (χ0v) is 13.9. The quantitative estimate of drug-likeness (QED) is 0.397. The fraction of sp³-hybridized carbons (Fsp3) is 0.647. The summed E-state index contributed by atoms with van der Waals surface area (Å²) in [7, 11) is 0. The molecule has 0 aliphatic carbocycles. The molecule has 108 valence electrons. The first-order chi connectivity index (χ1) is 9.23. The molecular weight excluding hydrogens is 300 g/mol. The number of halogens is 1. The molecule has 0 aromatic heterocycles. The smallest absolute Gasteiger partial charge is 0.0903 e. The lowest BCUT2D eigenvalue weighted by molar-refractivity contribution is -0.0447. The van der Waals surface area contributed by atoms with Crippen LogP contribution in [0.3, 0.4) is 0 Å². The Labute approximate surface area is 126 Å². The number of ether oxygens (including phenoxy) is 1. The molecule has 1 aromatic rings. The fourth-order valence-electron chi connectivity index (χ4n) is 2.42. The molecule has 1 rings (SSSR count). The van der Waals surface area contributed by atoms with Crippen molar-refractivity contribution in [3.8, 4) is 0 Å². The van der Waals surface area contributed by atoms with Gasteiger partial charge in [-0.3, -0.25) is 0 Å². The van der Waals surface area contributed by atoms with Gasteiger partial charge in [-0.15, -0.1) is 0 Å². The second kappa shape index (κ2) is 9.55. The van der Waals surface area contributed by atoms with Crippen LogP contribution in [0.25, 0.3) is 0 Å². The van der Waals surface area contributed by atoms with Crippen molar-refractivity contribution >= 4 is 15.9 Å². The molecule has 19 heavy (non-hydrogen) atoms. The van der Waals surface area contributed by atoms with Crippen LogP contribution >= 0.6 is 15.9 Å². The molecule has 1 nitrogen and oxygen atoms in total. The summed E-state index contributed by atoms with van der Waals surface area (Å²) in [5.41, 5.74) is 1.18. The molecule has 0 N–H and O–H groups in total. The fourth-order valence-corrected chi connectivity index (χ4v) is 2.81. The van der Waals surface area contributed by atoms with E-state index in [4.69, 9.17) is 4.74 Å². The van der Waals surface area contributed by atoms with Gasteiger partial charge < -0.3 is 4.74 Å². The lowest BCUT2D eigenvalue weighted by Crippen LogP contribution is -2.26. The van der Waals surface area contributed by atoms with E-state index < -0.39 is 0 Å². The van der Waals surface area contributed by atoms with Gasteiger partial charge in [0.25, 0.3) is 0 Å². The summed E-state index contributed by atoms with van der Waals surface area (Å²) >= 11 is 3.47. The van der Waals surface area contributed by atoms with Crippen LogP contribution in [0.2, 0.25) is 0 Å².